The number of thioether (sulfide) groups is 1. The van der Waals surface area contributed by atoms with E-state index < -0.39 is 5.79 Å². The van der Waals surface area contributed by atoms with Crippen LogP contribution in [0, 0.1) is 0 Å². The van der Waals surface area contributed by atoms with Crippen LogP contribution in [0.5, 0.6) is 0 Å². The molecule has 1 aromatic rings. The van der Waals surface area contributed by atoms with Gasteiger partial charge in [0.15, 0.2) is 5.79 Å². The highest BCUT2D eigenvalue weighted by Crippen LogP contribution is 2.31. The molecule has 5 heteroatoms. The minimum atomic E-state index is -0.553. The molecule has 0 aromatic heterocycles. The van der Waals surface area contributed by atoms with Gasteiger partial charge in [0, 0.05) is 17.9 Å². The number of ether oxygens (including phenoxy) is 2. The molecule has 2 aliphatic heterocycles. The molecule has 1 spiro atoms. The summed E-state index contributed by atoms with van der Waals surface area (Å²) in [6.45, 7) is 2.57. The summed E-state index contributed by atoms with van der Waals surface area (Å²) in [4.78, 5) is 15.6. The molecule has 4 nitrogen and oxygen atoms in total. The van der Waals surface area contributed by atoms with Gasteiger partial charge in [-0.3, -0.25) is 4.79 Å². The van der Waals surface area contributed by atoms with Crippen LogP contribution in [0.2, 0.25) is 0 Å². The van der Waals surface area contributed by atoms with Gasteiger partial charge in [0.25, 0.3) is 5.91 Å². The Balaban J connectivity index is 1.79. The Labute approximate surface area is 123 Å². The van der Waals surface area contributed by atoms with Crippen LogP contribution in [-0.2, 0) is 9.47 Å². The molecule has 20 heavy (non-hydrogen) atoms. The van der Waals surface area contributed by atoms with Gasteiger partial charge in [-0.2, -0.15) is 0 Å². The molecule has 0 aliphatic carbocycles. The molecule has 0 saturated carbocycles. The Kier molecular flexibility index (Phi) is 4.01. The highest BCUT2D eigenvalue weighted by molar-refractivity contribution is 7.98. The molecule has 0 bridgehead atoms. The first-order chi connectivity index (χ1) is 9.74. The zero-order valence-corrected chi connectivity index (χ0v) is 12.4. The van der Waals surface area contributed by atoms with Gasteiger partial charge in [0.1, 0.15) is 0 Å². The number of carbonyl (C=O) groups is 1. The number of nitrogens with zero attached hydrogens (tertiary/aromatic N) is 1. The van der Waals surface area contributed by atoms with Crippen molar-refractivity contribution in [3.05, 3.63) is 29.8 Å². The van der Waals surface area contributed by atoms with E-state index in [1.807, 2.05) is 35.4 Å². The Hall–Kier alpha value is -1.04. The molecule has 0 N–H and O–H groups in total. The van der Waals surface area contributed by atoms with E-state index in [4.69, 9.17) is 9.47 Å². The lowest BCUT2D eigenvalue weighted by atomic mass is 10.0. The monoisotopic (exact) mass is 293 g/mol. The Morgan fingerprint density at radius 1 is 1.30 bits per heavy atom. The lowest BCUT2D eigenvalue weighted by molar-refractivity contribution is -0.183. The Bertz CT molecular complexity index is 500. The summed E-state index contributed by atoms with van der Waals surface area (Å²) in [7, 11) is 0. The summed E-state index contributed by atoms with van der Waals surface area (Å²) < 4.78 is 11.5. The Morgan fingerprint density at radius 2 is 2.05 bits per heavy atom. The fourth-order valence-electron chi connectivity index (χ4n) is 2.89. The Morgan fingerprint density at radius 3 is 2.80 bits per heavy atom. The van der Waals surface area contributed by atoms with Gasteiger partial charge in [-0.15, -0.1) is 11.8 Å². The van der Waals surface area contributed by atoms with Crippen molar-refractivity contribution in [1.82, 2.24) is 4.90 Å². The van der Waals surface area contributed by atoms with Crippen LogP contribution < -0.4 is 0 Å². The summed E-state index contributed by atoms with van der Waals surface area (Å²) in [6, 6.07) is 7.75. The molecule has 2 fully saturated rings. The number of hydrogen-bond acceptors (Lipinski definition) is 4. The smallest absolute Gasteiger partial charge is 0.255 e. The number of hydrogen-bond donors (Lipinski definition) is 0. The molecule has 0 unspecified atom stereocenters. The van der Waals surface area contributed by atoms with Gasteiger partial charge in [0.05, 0.1) is 25.3 Å². The molecule has 3 rings (SSSR count). The zero-order valence-electron chi connectivity index (χ0n) is 11.6. The summed E-state index contributed by atoms with van der Waals surface area (Å²) in [5.41, 5.74) is 0.773. The van der Waals surface area contributed by atoms with Crippen LogP contribution in [0.15, 0.2) is 29.2 Å². The van der Waals surface area contributed by atoms with Crippen molar-refractivity contribution in [2.45, 2.75) is 23.5 Å². The topological polar surface area (TPSA) is 38.8 Å². The number of piperidine rings is 1. The standard InChI is InChI=1S/C15H19NO3S/c1-20-13-6-3-2-5-12(13)14(17)16-8-4-7-15(11-16)18-9-10-19-15/h2-3,5-6H,4,7-11H2,1H3. The number of rotatable bonds is 2. The molecule has 0 atom stereocenters. The molecule has 2 aliphatic rings. The zero-order chi connectivity index (χ0) is 14.0. The second kappa shape index (κ2) is 5.76. The van der Waals surface area contributed by atoms with Crippen LogP contribution in [-0.4, -0.2) is 49.2 Å². The first-order valence-corrected chi connectivity index (χ1v) is 8.17. The maximum absolute atomic E-state index is 12.7. The van der Waals surface area contributed by atoms with E-state index in [1.165, 1.54) is 0 Å². The third kappa shape index (κ3) is 2.57. The van der Waals surface area contributed by atoms with Crippen molar-refractivity contribution in [3.63, 3.8) is 0 Å². The van der Waals surface area contributed by atoms with E-state index in [0.717, 1.165) is 29.8 Å². The summed E-state index contributed by atoms with van der Waals surface area (Å²) in [6.07, 6.45) is 3.79. The van der Waals surface area contributed by atoms with Gasteiger partial charge in [-0.05, 0) is 24.8 Å². The first kappa shape index (κ1) is 13.9. The molecule has 108 valence electrons. The van der Waals surface area contributed by atoms with E-state index in [1.54, 1.807) is 11.8 Å². The quantitative estimate of drug-likeness (QED) is 0.785. The lowest BCUT2D eigenvalue weighted by Crippen LogP contribution is -2.51. The van der Waals surface area contributed by atoms with Crippen molar-refractivity contribution in [2.24, 2.45) is 0 Å². The van der Waals surface area contributed by atoms with E-state index in [9.17, 15) is 4.79 Å². The summed E-state index contributed by atoms with van der Waals surface area (Å²) in [5, 5.41) is 0. The third-order valence-corrected chi connectivity index (χ3v) is 4.65. The SMILES string of the molecule is CSc1ccccc1C(=O)N1CCCC2(C1)OCCO2. The predicted octanol–water partition coefficient (Wildman–Crippen LogP) is 2.39. The van der Waals surface area contributed by atoms with Crippen molar-refractivity contribution in [3.8, 4) is 0 Å². The van der Waals surface area contributed by atoms with Crippen molar-refractivity contribution < 1.29 is 14.3 Å². The van der Waals surface area contributed by atoms with Crippen LogP contribution in [0.1, 0.15) is 23.2 Å². The van der Waals surface area contributed by atoms with Crippen molar-refractivity contribution in [1.29, 1.82) is 0 Å². The molecular weight excluding hydrogens is 274 g/mol. The summed E-state index contributed by atoms with van der Waals surface area (Å²) in [5.74, 6) is -0.476. The van der Waals surface area contributed by atoms with Crippen molar-refractivity contribution >= 4 is 17.7 Å². The van der Waals surface area contributed by atoms with E-state index in [2.05, 4.69) is 0 Å². The highest BCUT2D eigenvalue weighted by Gasteiger charge is 2.42. The lowest BCUT2D eigenvalue weighted by Gasteiger charge is -2.38. The van der Waals surface area contributed by atoms with Gasteiger partial charge in [0.2, 0.25) is 0 Å². The fraction of sp³-hybridized carbons (Fsp3) is 0.533. The van der Waals surface area contributed by atoms with Crippen LogP contribution in [0.4, 0.5) is 0 Å². The maximum atomic E-state index is 12.7. The van der Waals surface area contributed by atoms with Crippen LogP contribution >= 0.6 is 11.8 Å². The average Bonchev–Trinajstić information content (AvgIpc) is 2.94. The third-order valence-electron chi connectivity index (χ3n) is 3.86. The minimum Gasteiger partial charge on any atom is -0.346 e. The summed E-state index contributed by atoms with van der Waals surface area (Å²) >= 11 is 1.60. The number of carbonyl (C=O) groups excluding carboxylic acids is 1. The number of benzene rings is 1. The molecule has 2 heterocycles. The van der Waals surface area contributed by atoms with Gasteiger partial charge < -0.3 is 14.4 Å². The molecule has 1 amide bonds. The van der Waals surface area contributed by atoms with E-state index >= 15 is 0 Å². The van der Waals surface area contributed by atoms with Gasteiger partial charge >= 0.3 is 0 Å². The molecule has 2 saturated heterocycles. The second-order valence-electron chi connectivity index (χ2n) is 5.14. The van der Waals surface area contributed by atoms with E-state index in [0.29, 0.717) is 19.8 Å². The molecule has 1 aromatic carbocycles. The van der Waals surface area contributed by atoms with Gasteiger partial charge in [-0.25, -0.2) is 0 Å². The first-order valence-electron chi connectivity index (χ1n) is 6.94. The highest BCUT2D eigenvalue weighted by atomic mass is 32.2. The fourth-order valence-corrected chi connectivity index (χ4v) is 3.48. The average molecular weight is 293 g/mol. The molecular formula is C15H19NO3S. The van der Waals surface area contributed by atoms with Crippen LogP contribution in [0.25, 0.3) is 0 Å². The predicted molar refractivity (Wildman–Crippen MR) is 78.0 cm³/mol. The van der Waals surface area contributed by atoms with Crippen LogP contribution in [0.3, 0.4) is 0 Å². The van der Waals surface area contributed by atoms with Gasteiger partial charge in [-0.1, -0.05) is 12.1 Å². The normalized spacial score (nSPS) is 21.4. The second-order valence-corrected chi connectivity index (χ2v) is 5.99. The van der Waals surface area contributed by atoms with E-state index in [-0.39, 0.29) is 5.91 Å². The molecule has 0 radical (unpaired) electrons. The largest absolute Gasteiger partial charge is 0.346 e. The number of amides is 1. The minimum absolute atomic E-state index is 0.0770. The van der Waals surface area contributed by atoms with Crippen molar-refractivity contribution in [2.75, 3.05) is 32.6 Å². The number of likely N-dealkylation sites (tertiary alicyclic amines) is 1. The maximum Gasteiger partial charge on any atom is 0.255 e.